The summed E-state index contributed by atoms with van der Waals surface area (Å²) in [5.74, 6) is 2.80. The fraction of sp³-hybridized carbons (Fsp3) is 0.429. The average molecular weight is 276 g/mol. The Hall–Kier alpha value is -2.24. The van der Waals surface area contributed by atoms with Gasteiger partial charge in [-0.25, -0.2) is 0 Å². The van der Waals surface area contributed by atoms with Gasteiger partial charge < -0.3 is 19.8 Å². The van der Waals surface area contributed by atoms with Crippen molar-refractivity contribution in [1.29, 1.82) is 0 Å². The third-order valence-electron chi connectivity index (χ3n) is 3.18. The summed E-state index contributed by atoms with van der Waals surface area (Å²) in [5, 5.41) is 8.37. The molecule has 108 valence electrons. The molecule has 0 atom stereocenters. The van der Waals surface area contributed by atoms with Gasteiger partial charge in [0.25, 0.3) is 0 Å². The van der Waals surface area contributed by atoms with Crippen LogP contribution in [0.1, 0.15) is 25.7 Å². The largest absolute Gasteiger partial charge is 0.493 e. The maximum Gasteiger partial charge on any atom is 0.166 e. The van der Waals surface area contributed by atoms with E-state index in [1.807, 2.05) is 17.6 Å². The number of benzene rings is 1. The van der Waals surface area contributed by atoms with E-state index in [4.69, 9.17) is 15.2 Å². The Bertz CT molecular complexity index is 620. The van der Waals surface area contributed by atoms with E-state index >= 15 is 0 Å². The minimum absolute atomic E-state index is 0.243. The Morgan fingerprint density at radius 3 is 2.25 bits per heavy atom. The normalized spacial score (nSPS) is 10.9. The first kappa shape index (κ1) is 14.2. The third-order valence-corrected chi connectivity index (χ3v) is 3.18. The van der Waals surface area contributed by atoms with Crippen molar-refractivity contribution in [2.24, 2.45) is 0 Å². The smallest absolute Gasteiger partial charge is 0.166 e. The van der Waals surface area contributed by atoms with Crippen LogP contribution in [0.2, 0.25) is 0 Å². The van der Waals surface area contributed by atoms with Crippen molar-refractivity contribution in [3.8, 4) is 22.9 Å². The van der Waals surface area contributed by atoms with Crippen molar-refractivity contribution in [3.05, 3.63) is 18.0 Å². The monoisotopic (exact) mass is 276 g/mol. The highest BCUT2D eigenvalue weighted by Crippen LogP contribution is 2.37. The molecule has 0 amide bonds. The summed E-state index contributed by atoms with van der Waals surface area (Å²) in [7, 11) is 3.17. The van der Waals surface area contributed by atoms with E-state index in [0.29, 0.717) is 17.2 Å². The molecule has 1 heterocycles. The number of hydrogen-bond donors (Lipinski definition) is 1. The molecule has 0 unspecified atom stereocenters. The van der Waals surface area contributed by atoms with Gasteiger partial charge in [-0.3, -0.25) is 0 Å². The van der Waals surface area contributed by atoms with E-state index in [-0.39, 0.29) is 6.04 Å². The van der Waals surface area contributed by atoms with E-state index < -0.39 is 0 Å². The van der Waals surface area contributed by atoms with Gasteiger partial charge in [-0.15, -0.1) is 10.2 Å². The van der Waals surface area contributed by atoms with Crippen LogP contribution in [0, 0.1) is 6.92 Å². The second-order valence-corrected chi connectivity index (χ2v) is 4.83. The van der Waals surface area contributed by atoms with E-state index in [1.54, 1.807) is 20.3 Å². The first-order chi connectivity index (χ1) is 9.49. The van der Waals surface area contributed by atoms with Gasteiger partial charge in [0.1, 0.15) is 5.82 Å². The molecule has 2 N–H and O–H groups in total. The van der Waals surface area contributed by atoms with Gasteiger partial charge in [-0.2, -0.15) is 0 Å². The van der Waals surface area contributed by atoms with Crippen LogP contribution in [-0.2, 0) is 0 Å². The van der Waals surface area contributed by atoms with E-state index in [0.717, 1.165) is 17.2 Å². The minimum atomic E-state index is 0.243. The number of hydrogen-bond acceptors (Lipinski definition) is 5. The van der Waals surface area contributed by atoms with Crippen molar-refractivity contribution in [3.63, 3.8) is 0 Å². The molecule has 0 saturated heterocycles. The van der Waals surface area contributed by atoms with Gasteiger partial charge in [0.2, 0.25) is 0 Å². The van der Waals surface area contributed by atoms with Gasteiger partial charge >= 0.3 is 0 Å². The molecule has 0 bridgehead atoms. The van der Waals surface area contributed by atoms with Gasteiger partial charge in [0.15, 0.2) is 17.3 Å². The van der Waals surface area contributed by atoms with E-state index in [9.17, 15) is 0 Å². The number of anilines is 1. The molecule has 1 aromatic carbocycles. The van der Waals surface area contributed by atoms with E-state index in [2.05, 4.69) is 24.0 Å². The molecule has 2 aromatic rings. The van der Waals surface area contributed by atoms with Crippen LogP contribution in [0.25, 0.3) is 11.4 Å². The predicted octanol–water partition coefficient (Wildman–Crippen LogP) is 2.43. The van der Waals surface area contributed by atoms with Gasteiger partial charge in [-0.05, 0) is 26.8 Å². The van der Waals surface area contributed by atoms with Crippen molar-refractivity contribution in [1.82, 2.24) is 14.8 Å². The molecule has 6 nitrogen and oxygen atoms in total. The van der Waals surface area contributed by atoms with Crippen molar-refractivity contribution < 1.29 is 9.47 Å². The number of nitrogen functional groups attached to an aromatic ring is 1. The minimum Gasteiger partial charge on any atom is -0.493 e. The lowest BCUT2D eigenvalue weighted by atomic mass is 10.1. The number of rotatable bonds is 4. The SMILES string of the molecule is COc1cc(N)c(-c2nnc(C)n2C(C)C)cc1OC. The van der Waals surface area contributed by atoms with Crippen LogP contribution < -0.4 is 15.2 Å². The van der Waals surface area contributed by atoms with Crippen LogP contribution in [0.3, 0.4) is 0 Å². The fourth-order valence-corrected chi connectivity index (χ4v) is 2.26. The summed E-state index contributed by atoms with van der Waals surface area (Å²) in [6, 6.07) is 3.81. The summed E-state index contributed by atoms with van der Waals surface area (Å²) in [6.45, 7) is 6.08. The average Bonchev–Trinajstić information content (AvgIpc) is 2.80. The lowest BCUT2D eigenvalue weighted by Crippen LogP contribution is -2.07. The zero-order valence-electron chi connectivity index (χ0n) is 12.5. The van der Waals surface area contributed by atoms with Crippen molar-refractivity contribution in [2.45, 2.75) is 26.8 Å². The Balaban J connectivity index is 2.64. The first-order valence-corrected chi connectivity index (χ1v) is 6.43. The Morgan fingerprint density at radius 2 is 1.70 bits per heavy atom. The number of methoxy groups -OCH3 is 2. The summed E-state index contributed by atoms with van der Waals surface area (Å²) < 4.78 is 12.6. The van der Waals surface area contributed by atoms with Crippen LogP contribution in [0.4, 0.5) is 5.69 Å². The molecule has 20 heavy (non-hydrogen) atoms. The Labute approximate surface area is 118 Å². The standard InChI is InChI=1S/C14H20N4O2/c1-8(2)18-9(3)16-17-14(18)10-6-12(19-4)13(20-5)7-11(10)15/h6-8H,15H2,1-5H3. The summed E-state index contributed by atoms with van der Waals surface area (Å²) >= 11 is 0. The molecule has 0 aliphatic carbocycles. The number of aromatic nitrogens is 3. The second kappa shape index (κ2) is 5.40. The highest BCUT2D eigenvalue weighted by Gasteiger charge is 2.18. The molecule has 0 fully saturated rings. The maximum absolute atomic E-state index is 6.11. The van der Waals surface area contributed by atoms with Crippen LogP contribution in [-0.4, -0.2) is 29.0 Å². The van der Waals surface area contributed by atoms with Crippen molar-refractivity contribution in [2.75, 3.05) is 20.0 Å². The molecule has 0 radical (unpaired) electrons. The predicted molar refractivity (Wildman–Crippen MR) is 78.1 cm³/mol. The van der Waals surface area contributed by atoms with Crippen LogP contribution >= 0.6 is 0 Å². The number of ether oxygens (including phenoxy) is 2. The molecule has 0 saturated carbocycles. The molecule has 0 spiro atoms. The molecular weight excluding hydrogens is 256 g/mol. The second-order valence-electron chi connectivity index (χ2n) is 4.83. The van der Waals surface area contributed by atoms with Crippen LogP contribution in [0.15, 0.2) is 12.1 Å². The van der Waals surface area contributed by atoms with Gasteiger partial charge in [0.05, 0.1) is 14.2 Å². The number of nitrogens with two attached hydrogens (primary N) is 1. The molecule has 2 rings (SSSR count). The van der Waals surface area contributed by atoms with Gasteiger partial charge in [-0.1, -0.05) is 0 Å². The van der Waals surface area contributed by atoms with E-state index in [1.165, 1.54) is 0 Å². The number of aryl methyl sites for hydroxylation is 1. The molecule has 0 aliphatic heterocycles. The summed E-state index contributed by atoms with van der Waals surface area (Å²) in [5.41, 5.74) is 7.48. The van der Waals surface area contributed by atoms with Crippen LogP contribution in [0.5, 0.6) is 11.5 Å². The number of nitrogens with zero attached hydrogens (tertiary/aromatic N) is 3. The Morgan fingerprint density at radius 1 is 1.10 bits per heavy atom. The highest BCUT2D eigenvalue weighted by molar-refractivity contribution is 5.76. The Kier molecular flexibility index (Phi) is 3.83. The maximum atomic E-state index is 6.11. The molecular formula is C14H20N4O2. The quantitative estimate of drug-likeness (QED) is 0.868. The van der Waals surface area contributed by atoms with Gasteiger partial charge in [0, 0.05) is 23.4 Å². The third kappa shape index (κ3) is 2.29. The van der Waals surface area contributed by atoms with Crippen molar-refractivity contribution >= 4 is 5.69 Å². The first-order valence-electron chi connectivity index (χ1n) is 6.43. The fourth-order valence-electron chi connectivity index (χ4n) is 2.26. The molecule has 0 aliphatic rings. The lowest BCUT2D eigenvalue weighted by Gasteiger charge is -2.15. The highest BCUT2D eigenvalue weighted by atomic mass is 16.5. The summed E-state index contributed by atoms with van der Waals surface area (Å²) in [4.78, 5) is 0. The molecule has 1 aromatic heterocycles. The summed E-state index contributed by atoms with van der Waals surface area (Å²) in [6.07, 6.45) is 0. The lowest BCUT2D eigenvalue weighted by molar-refractivity contribution is 0.355. The zero-order chi connectivity index (χ0) is 14.9. The topological polar surface area (TPSA) is 75.2 Å². The molecule has 6 heteroatoms. The zero-order valence-corrected chi connectivity index (χ0v) is 12.5.